The zero-order valence-corrected chi connectivity index (χ0v) is 9.04. The second-order valence-corrected chi connectivity index (χ2v) is 6.36. The highest BCUT2D eigenvalue weighted by atomic mass is 16.6. The molecular weight excluding hydrogens is 172 g/mol. The number of hydrogen-bond donors (Lipinski definition) is 0. The molecule has 78 valence electrons. The van der Waals surface area contributed by atoms with Gasteiger partial charge in [-0.2, -0.15) is 0 Å². The lowest BCUT2D eigenvalue weighted by atomic mass is 9.71. The minimum absolute atomic E-state index is 0.326. The third kappa shape index (κ3) is 0.856. The first kappa shape index (κ1) is 8.15. The molecule has 1 nitrogen and oxygen atoms in total. The minimum atomic E-state index is 0.326. The first-order valence-electron chi connectivity index (χ1n) is 6.42. The lowest BCUT2D eigenvalue weighted by molar-refractivity contribution is 0.113. The molecule has 0 aromatic heterocycles. The molecule has 2 bridgehead atoms. The molecule has 1 aliphatic heterocycles. The predicted molar refractivity (Wildman–Crippen MR) is 54.9 cm³/mol. The van der Waals surface area contributed by atoms with Crippen molar-refractivity contribution in [2.75, 3.05) is 6.61 Å². The molecule has 1 saturated heterocycles. The molecule has 1 heteroatoms. The second-order valence-electron chi connectivity index (χ2n) is 6.36. The maximum absolute atomic E-state index is 5.68. The summed E-state index contributed by atoms with van der Waals surface area (Å²) in [5, 5.41) is 0. The van der Waals surface area contributed by atoms with Gasteiger partial charge >= 0.3 is 0 Å². The summed E-state index contributed by atoms with van der Waals surface area (Å²) in [6.07, 6.45) is 7.67. The van der Waals surface area contributed by atoms with E-state index in [2.05, 4.69) is 6.92 Å². The maximum atomic E-state index is 5.68. The highest BCUT2D eigenvalue weighted by Gasteiger charge is 2.61. The number of fused-ring (bicyclic) bond motifs is 5. The Morgan fingerprint density at radius 2 is 1.86 bits per heavy atom. The number of ether oxygens (including phenoxy) is 1. The van der Waals surface area contributed by atoms with Crippen molar-refractivity contribution >= 4 is 0 Å². The molecule has 6 atom stereocenters. The van der Waals surface area contributed by atoms with Crippen molar-refractivity contribution in [3.05, 3.63) is 0 Å². The van der Waals surface area contributed by atoms with Gasteiger partial charge in [0.05, 0.1) is 12.2 Å². The van der Waals surface area contributed by atoms with Crippen molar-refractivity contribution in [3.8, 4) is 0 Å². The van der Waals surface area contributed by atoms with Gasteiger partial charge in [0.25, 0.3) is 0 Å². The quantitative estimate of drug-likeness (QED) is 0.582. The van der Waals surface area contributed by atoms with Crippen LogP contribution in [0.3, 0.4) is 0 Å². The average Bonchev–Trinajstić information content (AvgIpc) is 2.66. The van der Waals surface area contributed by atoms with Crippen LogP contribution < -0.4 is 0 Å². The fourth-order valence-electron chi connectivity index (χ4n) is 5.10. The number of hydrogen-bond acceptors (Lipinski definition) is 1. The van der Waals surface area contributed by atoms with E-state index in [-0.39, 0.29) is 0 Å². The van der Waals surface area contributed by atoms with Crippen molar-refractivity contribution in [2.45, 2.75) is 44.6 Å². The molecule has 0 aromatic rings. The van der Waals surface area contributed by atoms with Gasteiger partial charge in [-0.25, -0.2) is 0 Å². The van der Waals surface area contributed by atoms with Crippen LogP contribution in [0.5, 0.6) is 0 Å². The van der Waals surface area contributed by atoms with Crippen LogP contribution in [0.4, 0.5) is 0 Å². The van der Waals surface area contributed by atoms with Crippen LogP contribution in [0.2, 0.25) is 0 Å². The van der Waals surface area contributed by atoms with Gasteiger partial charge in [-0.3, -0.25) is 0 Å². The van der Waals surface area contributed by atoms with E-state index in [0.29, 0.717) is 5.60 Å². The Morgan fingerprint density at radius 3 is 2.64 bits per heavy atom. The van der Waals surface area contributed by atoms with Gasteiger partial charge in [-0.15, -0.1) is 0 Å². The van der Waals surface area contributed by atoms with E-state index in [1.165, 1.54) is 12.8 Å². The van der Waals surface area contributed by atoms with Crippen LogP contribution in [-0.4, -0.2) is 12.2 Å². The highest BCUT2D eigenvalue weighted by molar-refractivity contribution is 5.10. The zero-order valence-electron chi connectivity index (χ0n) is 9.04. The molecule has 4 fully saturated rings. The largest absolute Gasteiger partial charge is 0.370 e. The third-order valence-electron chi connectivity index (χ3n) is 5.81. The summed E-state index contributed by atoms with van der Waals surface area (Å²) in [5.74, 6) is 5.34. The van der Waals surface area contributed by atoms with Gasteiger partial charge in [-0.1, -0.05) is 6.42 Å². The number of rotatable bonds is 1. The average molecular weight is 192 g/mol. The Kier molecular flexibility index (Phi) is 1.38. The fourth-order valence-corrected chi connectivity index (χ4v) is 5.10. The van der Waals surface area contributed by atoms with Crippen LogP contribution >= 0.6 is 0 Å². The van der Waals surface area contributed by atoms with E-state index in [0.717, 1.165) is 36.2 Å². The van der Waals surface area contributed by atoms with E-state index in [1.807, 2.05) is 0 Å². The molecular formula is C13H20O. The van der Waals surface area contributed by atoms with Crippen molar-refractivity contribution < 1.29 is 4.74 Å². The summed E-state index contributed by atoms with van der Waals surface area (Å²) in [5.41, 5.74) is 0.326. The molecule has 0 aromatic carbocycles. The molecule has 0 spiro atoms. The molecule has 0 radical (unpaired) electrons. The van der Waals surface area contributed by atoms with Gasteiger partial charge in [-0.05, 0) is 62.2 Å². The summed E-state index contributed by atoms with van der Waals surface area (Å²) in [4.78, 5) is 0. The maximum Gasteiger partial charge on any atom is 0.0919 e. The predicted octanol–water partition coefficient (Wildman–Crippen LogP) is 2.85. The van der Waals surface area contributed by atoms with Crippen molar-refractivity contribution in [3.63, 3.8) is 0 Å². The molecule has 0 N–H and O–H groups in total. The Balaban J connectivity index is 1.63. The molecule has 1 heterocycles. The normalized spacial score (nSPS) is 64.5. The molecule has 6 unspecified atom stereocenters. The van der Waals surface area contributed by atoms with E-state index < -0.39 is 0 Å². The van der Waals surface area contributed by atoms with Crippen LogP contribution in [0, 0.1) is 29.6 Å². The lowest BCUT2D eigenvalue weighted by Gasteiger charge is -2.33. The summed E-state index contributed by atoms with van der Waals surface area (Å²) in [6, 6.07) is 0. The van der Waals surface area contributed by atoms with E-state index in [1.54, 1.807) is 19.3 Å². The second kappa shape index (κ2) is 2.37. The van der Waals surface area contributed by atoms with Gasteiger partial charge in [0, 0.05) is 0 Å². The highest BCUT2D eigenvalue weighted by Crippen LogP contribution is 2.64. The van der Waals surface area contributed by atoms with Gasteiger partial charge in [0.2, 0.25) is 0 Å². The molecule has 4 aliphatic rings. The van der Waals surface area contributed by atoms with Crippen LogP contribution in [0.15, 0.2) is 0 Å². The monoisotopic (exact) mass is 192 g/mol. The van der Waals surface area contributed by atoms with Gasteiger partial charge < -0.3 is 4.74 Å². The first-order chi connectivity index (χ1) is 6.78. The van der Waals surface area contributed by atoms with E-state index in [9.17, 15) is 0 Å². The smallest absolute Gasteiger partial charge is 0.0919 e. The summed E-state index contributed by atoms with van der Waals surface area (Å²) < 4.78 is 5.68. The Morgan fingerprint density at radius 1 is 1.07 bits per heavy atom. The van der Waals surface area contributed by atoms with Gasteiger partial charge in [0.15, 0.2) is 0 Å². The van der Waals surface area contributed by atoms with Crippen LogP contribution in [0.1, 0.15) is 39.0 Å². The summed E-state index contributed by atoms with van der Waals surface area (Å²) >= 11 is 0. The lowest BCUT2D eigenvalue weighted by Crippen LogP contribution is -2.33. The van der Waals surface area contributed by atoms with Crippen LogP contribution in [-0.2, 0) is 4.74 Å². The Bertz CT molecular complexity index is 268. The molecule has 0 amide bonds. The first-order valence-corrected chi connectivity index (χ1v) is 6.42. The van der Waals surface area contributed by atoms with Crippen molar-refractivity contribution in [1.82, 2.24) is 0 Å². The van der Waals surface area contributed by atoms with Crippen LogP contribution in [0.25, 0.3) is 0 Å². The topological polar surface area (TPSA) is 12.5 Å². The Hall–Kier alpha value is -0.0400. The molecule has 4 rings (SSSR count). The van der Waals surface area contributed by atoms with Gasteiger partial charge in [0.1, 0.15) is 0 Å². The van der Waals surface area contributed by atoms with Crippen molar-refractivity contribution in [2.24, 2.45) is 29.6 Å². The summed E-state index contributed by atoms with van der Waals surface area (Å²) in [7, 11) is 0. The standard InChI is InChI=1S/C13H20O/c1-13(7-14-13)12-6-8-5-11(12)10-4-2-3-9(8)10/h8-12H,2-7H2,1H3. The third-order valence-corrected chi connectivity index (χ3v) is 5.81. The number of epoxide rings is 1. The summed E-state index contributed by atoms with van der Waals surface area (Å²) in [6.45, 7) is 3.40. The Labute approximate surface area is 86.2 Å². The van der Waals surface area contributed by atoms with Crippen molar-refractivity contribution in [1.29, 1.82) is 0 Å². The van der Waals surface area contributed by atoms with E-state index in [4.69, 9.17) is 4.74 Å². The minimum Gasteiger partial charge on any atom is -0.370 e. The zero-order chi connectivity index (χ0) is 9.34. The fraction of sp³-hybridized carbons (Fsp3) is 1.00. The molecule has 3 aliphatic carbocycles. The van der Waals surface area contributed by atoms with E-state index >= 15 is 0 Å². The molecule has 14 heavy (non-hydrogen) atoms. The molecule has 3 saturated carbocycles. The SMILES string of the molecule is CC1(C2CC3CC2C2CCCC32)CO1.